The van der Waals surface area contributed by atoms with Crippen LogP contribution in [-0.2, 0) is 11.3 Å². The Morgan fingerprint density at radius 2 is 2.11 bits per heavy atom. The van der Waals surface area contributed by atoms with Crippen molar-refractivity contribution in [2.24, 2.45) is 5.92 Å². The fourth-order valence-electron chi connectivity index (χ4n) is 1.55. The third-order valence-electron chi connectivity index (χ3n) is 2.49. The maximum absolute atomic E-state index is 13.1. The second-order valence-corrected chi connectivity index (χ2v) is 5.34. The van der Waals surface area contributed by atoms with Gasteiger partial charge in [0, 0.05) is 31.1 Å². The standard InChI is InChI=1S/C14H20ClFN2O/c1-10(2)8-18-14(19)3-4-17-9-11-5-12(15)7-13(16)6-11/h5-7,10,17H,3-4,8-9H2,1-2H3,(H,18,19). The molecule has 1 aromatic carbocycles. The number of hydrogen-bond acceptors (Lipinski definition) is 2. The number of amides is 1. The van der Waals surface area contributed by atoms with Gasteiger partial charge in [0.05, 0.1) is 0 Å². The summed E-state index contributed by atoms with van der Waals surface area (Å²) in [4.78, 5) is 11.4. The van der Waals surface area contributed by atoms with Crippen LogP contribution in [0.5, 0.6) is 0 Å². The smallest absolute Gasteiger partial charge is 0.221 e. The summed E-state index contributed by atoms with van der Waals surface area (Å²) >= 11 is 5.75. The first kappa shape index (κ1) is 15.9. The molecule has 0 aromatic heterocycles. The molecule has 0 saturated carbocycles. The summed E-state index contributed by atoms with van der Waals surface area (Å²) in [6.45, 7) is 5.84. The van der Waals surface area contributed by atoms with Crippen molar-refractivity contribution in [3.05, 3.63) is 34.6 Å². The van der Waals surface area contributed by atoms with Crippen LogP contribution in [0.4, 0.5) is 4.39 Å². The van der Waals surface area contributed by atoms with Gasteiger partial charge in [0.2, 0.25) is 5.91 Å². The molecule has 0 saturated heterocycles. The molecule has 1 rings (SSSR count). The van der Waals surface area contributed by atoms with Crippen LogP contribution >= 0.6 is 11.6 Å². The monoisotopic (exact) mass is 286 g/mol. The quantitative estimate of drug-likeness (QED) is 0.757. The molecule has 2 N–H and O–H groups in total. The Labute approximate surface area is 118 Å². The summed E-state index contributed by atoms with van der Waals surface area (Å²) in [6.07, 6.45) is 0.412. The van der Waals surface area contributed by atoms with Crippen LogP contribution in [-0.4, -0.2) is 19.0 Å². The minimum Gasteiger partial charge on any atom is -0.356 e. The number of halogens is 2. The molecule has 0 radical (unpaired) electrons. The third-order valence-corrected chi connectivity index (χ3v) is 2.71. The number of hydrogen-bond donors (Lipinski definition) is 2. The second-order valence-electron chi connectivity index (χ2n) is 4.90. The van der Waals surface area contributed by atoms with Crippen LogP contribution in [0.25, 0.3) is 0 Å². The zero-order valence-electron chi connectivity index (χ0n) is 11.3. The first-order chi connectivity index (χ1) is 8.97. The Bertz CT molecular complexity index is 404. The summed E-state index contributed by atoms with van der Waals surface area (Å²) in [5.74, 6) is 0.129. The minimum absolute atomic E-state index is 0.0264. The van der Waals surface area contributed by atoms with Crippen molar-refractivity contribution in [1.82, 2.24) is 10.6 Å². The normalized spacial score (nSPS) is 10.8. The summed E-state index contributed by atoms with van der Waals surface area (Å²) in [7, 11) is 0. The van der Waals surface area contributed by atoms with Crippen LogP contribution in [0.3, 0.4) is 0 Å². The minimum atomic E-state index is -0.348. The molecule has 0 aliphatic carbocycles. The Morgan fingerprint density at radius 1 is 1.37 bits per heavy atom. The van der Waals surface area contributed by atoms with E-state index in [0.717, 1.165) is 5.56 Å². The van der Waals surface area contributed by atoms with Gasteiger partial charge in [-0.05, 0) is 29.7 Å². The summed E-state index contributed by atoms with van der Waals surface area (Å²) in [5, 5.41) is 6.31. The summed E-state index contributed by atoms with van der Waals surface area (Å²) < 4.78 is 13.1. The number of rotatable bonds is 7. The first-order valence-corrected chi connectivity index (χ1v) is 6.77. The van der Waals surface area contributed by atoms with E-state index < -0.39 is 0 Å². The van der Waals surface area contributed by atoms with Crippen molar-refractivity contribution in [3.63, 3.8) is 0 Å². The SMILES string of the molecule is CC(C)CNC(=O)CCNCc1cc(F)cc(Cl)c1. The molecule has 0 aliphatic heterocycles. The zero-order valence-corrected chi connectivity index (χ0v) is 12.1. The van der Waals surface area contributed by atoms with Gasteiger partial charge in [-0.2, -0.15) is 0 Å². The Morgan fingerprint density at radius 3 is 2.74 bits per heavy atom. The van der Waals surface area contributed by atoms with Gasteiger partial charge >= 0.3 is 0 Å². The number of carbonyl (C=O) groups excluding carboxylic acids is 1. The average Bonchev–Trinajstić information content (AvgIpc) is 2.31. The van der Waals surface area contributed by atoms with E-state index in [2.05, 4.69) is 10.6 Å². The van der Waals surface area contributed by atoms with Crippen molar-refractivity contribution in [1.29, 1.82) is 0 Å². The highest BCUT2D eigenvalue weighted by atomic mass is 35.5. The molecule has 3 nitrogen and oxygen atoms in total. The van der Waals surface area contributed by atoms with E-state index in [1.165, 1.54) is 12.1 Å². The Hall–Kier alpha value is -1.13. The van der Waals surface area contributed by atoms with E-state index in [9.17, 15) is 9.18 Å². The van der Waals surface area contributed by atoms with Gasteiger partial charge in [-0.3, -0.25) is 4.79 Å². The van der Waals surface area contributed by atoms with Gasteiger partial charge in [-0.15, -0.1) is 0 Å². The van der Waals surface area contributed by atoms with Crippen molar-refractivity contribution in [2.45, 2.75) is 26.8 Å². The lowest BCUT2D eigenvalue weighted by Gasteiger charge is -2.08. The molecule has 0 heterocycles. The lowest BCUT2D eigenvalue weighted by molar-refractivity contribution is -0.121. The second kappa shape index (κ2) is 8.12. The molecule has 0 fully saturated rings. The van der Waals surface area contributed by atoms with Crippen LogP contribution in [0, 0.1) is 11.7 Å². The van der Waals surface area contributed by atoms with Gasteiger partial charge in [-0.1, -0.05) is 25.4 Å². The Balaban J connectivity index is 2.21. The molecule has 0 atom stereocenters. The molecule has 1 aromatic rings. The van der Waals surface area contributed by atoms with Gasteiger partial charge in [0.15, 0.2) is 0 Å². The fourth-order valence-corrected chi connectivity index (χ4v) is 1.80. The fraction of sp³-hybridized carbons (Fsp3) is 0.500. The molecule has 1 amide bonds. The van der Waals surface area contributed by atoms with Crippen molar-refractivity contribution >= 4 is 17.5 Å². The molecule has 19 heavy (non-hydrogen) atoms. The number of nitrogens with one attached hydrogen (secondary N) is 2. The van der Waals surface area contributed by atoms with Crippen LogP contribution < -0.4 is 10.6 Å². The van der Waals surface area contributed by atoms with Gasteiger partial charge in [0.25, 0.3) is 0 Å². The van der Waals surface area contributed by atoms with E-state index in [0.29, 0.717) is 37.0 Å². The lowest BCUT2D eigenvalue weighted by atomic mass is 10.2. The van der Waals surface area contributed by atoms with Gasteiger partial charge in [0.1, 0.15) is 5.82 Å². The molecule has 106 valence electrons. The van der Waals surface area contributed by atoms with Crippen LogP contribution in [0.1, 0.15) is 25.8 Å². The van der Waals surface area contributed by atoms with E-state index in [1.807, 2.05) is 13.8 Å². The summed E-state index contributed by atoms with van der Waals surface area (Å²) in [5.41, 5.74) is 0.771. The third kappa shape index (κ3) is 7.13. The largest absolute Gasteiger partial charge is 0.356 e. The maximum Gasteiger partial charge on any atom is 0.221 e. The van der Waals surface area contributed by atoms with Crippen LogP contribution in [0.15, 0.2) is 18.2 Å². The van der Waals surface area contributed by atoms with E-state index in [-0.39, 0.29) is 11.7 Å². The van der Waals surface area contributed by atoms with Crippen molar-refractivity contribution < 1.29 is 9.18 Å². The first-order valence-electron chi connectivity index (χ1n) is 6.39. The zero-order chi connectivity index (χ0) is 14.3. The molecule has 5 heteroatoms. The predicted molar refractivity (Wildman–Crippen MR) is 75.6 cm³/mol. The molecular formula is C14H20ClFN2O. The lowest BCUT2D eigenvalue weighted by Crippen LogP contribution is -2.30. The van der Waals surface area contributed by atoms with Gasteiger partial charge < -0.3 is 10.6 Å². The van der Waals surface area contributed by atoms with E-state index >= 15 is 0 Å². The molecule has 0 aliphatic rings. The molecule has 0 spiro atoms. The summed E-state index contributed by atoms with van der Waals surface area (Å²) in [6, 6.07) is 4.40. The maximum atomic E-state index is 13.1. The van der Waals surface area contributed by atoms with Gasteiger partial charge in [-0.25, -0.2) is 4.39 Å². The Kier molecular flexibility index (Phi) is 6.81. The average molecular weight is 287 g/mol. The van der Waals surface area contributed by atoms with E-state index in [1.54, 1.807) is 6.07 Å². The molecular weight excluding hydrogens is 267 g/mol. The predicted octanol–water partition coefficient (Wildman–Crippen LogP) is 2.73. The number of benzene rings is 1. The van der Waals surface area contributed by atoms with Crippen molar-refractivity contribution in [2.75, 3.05) is 13.1 Å². The van der Waals surface area contributed by atoms with Crippen molar-refractivity contribution in [3.8, 4) is 0 Å². The molecule has 0 unspecified atom stereocenters. The molecule has 0 bridgehead atoms. The van der Waals surface area contributed by atoms with Crippen LogP contribution in [0.2, 0.25) is 5.02 Å². The van der Waals surface area contributed by atoms with E-state index in [4.69, 9.17) is 11.6 Å². The highest BCUT2D eigenvalue weighted by Crippen LogP contribution is 2.13. The topological polar surface area (TPSA) is 41.1 Å². The highest BCUT2D eigenvalue weighted by molar-refractivity contribution is 6.30. The highest BCUT2D eigenvalue weighted by Gasteiger charge is 2.03. The number of carbonyl (C=O) groups is 1.